The Labute approximate surface area is 128 Å². The Kier molecular flexibility index (Phi) is 5.71. The molecule has 0 aliphatic rings. The molecule has 116 valence electrons. The Balaban J connectivity index is 1.75. The van der Waals surface area contributed by atoms with Crippen LogP contribution in [0.2, 0.25) is 0 Å². The molecule has 0 aliphatic heterocycles. The number of hydrogen-bond donors (Lipinski definition) is 1. The van der Waals surface area contributed by atoms with Gasteiger partial charge in [-0.1, -0.05) is 6.07 Å². The molecule has 2 aromatic rings. The van der Waals surface area contributed by atoms with Crippen molar-refractivity contribution in [2.24, 2.45) is 0 Å². The number of pyridine rings is 1. The van der Waals surface area contributed by atoms with Crippen molar-refractivity contribution in [3.63, 3.8) is 0 Å². The van der Waals surface area contributed by atoms with E-state index in [9.17, 15) is 9.59 Å². The fourth-order valence-corrected chi connectivity index (χ4v) is 1.89. The molecule has 2 heterocycles. The molecular weight excluding hydrogens is 284 g/mol. The summed E-state index contributed by atoms with van der Waals surface area (Å²) in [5, 5.41) is 2.80. The van der Waals surface area contributed by atoms with Gasteiger partial charge in [0.25, 0.3) is 0 Å². The second kappa shape index (κ2) is 7.97. The summed E-state index contributed by atoms with van der Waals surface area (Å²) in [6.45, 7) is 0.412. The third-order valence-corrected chi connectivity index (χ3v) is 3.14. The molecule has 0 saturated heterocycles. The Morgan fingerprint density at radius 1 is 1.27 bits per heavy atom. The highest BCUT2D eigenvalue weighted by atomic mass is 16.5. The number of carbonyl (C=O) groups is 2. The van der Waals surface area contributed by atoms with Crippen LogP contribution in [0, 0.1) is 0 Å². The molecule has 0 aliphatic carbocycles. The second-order valence-electron chi connectivity index (χ2n) is 4.77. The molecule has 6 nitrogen and oxygen atoms in total. The minimum Gasteiger partial charge on any atom is -0.472 e. The molecule has 0 saturated carbocycles. The molecule has 0 radical (unpaired) electrons. The first kappa shape index (κ1) is 15.8. The van der Waals surface area contributed by atoms with Gasteiger partial charge >= 0.3 is 5.97 Å². The van der Waals surface area contributed by atoms with Crippen LogP contribution in [0.3, 0.4) is 0 Å². The van der Waals surface area contributed by atoms with E-state index in [0.717, 1.165) is 16.8 Å². The van der Waals surface area contributed by atoms with Gasteiger partial charge in [-0.3, -0.25) is 14.6 Å². The molecule has 0 unspecified atom stereocenters. The maximum atomic E-state index is 11.6. The van der Waals surface area contributed by atoms with E-state index in [-0.39, 0.29) is 18.3 Å². The molecule has 2 aromatic heterocycles. The van der Waals surface area contributed by atoms with Gasteiger partial charge in [0.2, 0.25) is 5.91 Å². The molecule has 0 atom stereocenters. The van der Waals surface area contributed by atoms with E-state index < -0.39 is 0 Å². The van der Waals surface area contributed by atoms with Crippen molar-refractivity contribution < 1.29 is 18.7 Å². The summed E-state index contributed by atoms with van der Waals surface area (Å²) in [4.78, 5) is 26.9. The molecule has 22 heavy (non-hydrogen) atoms. The van der Waals surface area contributed by atoms with Gasteiger partial charge in [0.15, 0.2) is 0 Å². The van der Waals surface area contributed by atoms with E-state index >= 15 is 0 Å². The molecule has 1 N–H and O–H groups in total. The molecule has 0 bridgehead atoms. The van der Waals surface area contributed by atoms with E-state index in [4.69, 9.17) is 4.42 Å². The van der Waals surface area contributed by atoms with Gasteiger partial charge in [0.05, 0.1) is 25.3 Å². The molecule has 0 fully saturated rings. The fraction of sp³-hybridized carbons (Fsp3) is 0.312. The van der Waals surface area contributed by atoms with E-state index in [1.807, 2.05) is 18.2 Å². The van der Waals surface area contributed by atoms with Crippen LogP contribution in [0.1, 0.15) is 24.8 Å². The zero-order valence-corrected chi connectivity index (χ0v) is 12.4. The highest BCUT2D eigenvalue weighted by molar-refractivity contribution is 5.77. The first-order chi connectivity index (χ1) is 10.7. The minimum absolute atomic E-state index is 0.0946. The van der Waals surface area contributed by atoms with E-state index in [1.165, 1.54) is 7.11 Å². The zero-order valence-electron chi connectivity index (χ0n) is 12.4. The average Bonchev–Trinajstić information content (AvgIpc) is 3.07. The smallest absolute Gasteiger partial charge is 0.305 e. The number of amides is 1. The van der Waals surface area contributed by atoms with Gasteiger partial charge in [0.1, 0.15) is 0 Å². The van der Waals surface area contributed by atoms with E-state index in [2.05, 4.69) is 15.0 Å². The van der Waals surface area contributed by atoms with Gasteiger partial charge in [-0.05, 0) is 24.1 Å². The van der Waals surface area contributed by atoms with Crippen LogP contribution in [-0.4, -0.2) is 24.0 Å². The summed E-state index contributed by atoms with van der Waals surface area (Å²) in [6.07, 6.45) is 5.98. The lowest BCUT2D eigenvalue weighted by atomic mass is 10.2. The SMILES string of the molecule is COC(=O)CCCC(=O)NCc1ccc(-c2ccoc2)nc1. The fourth-order valence-electron chi connectivity index (χ4n) is 1.89. The summed E-state index contributed by atoms with van der Waals surface area (Å²) < 4.78 is 9.53. The van der Waals surface area contributed by atoms with Crippen molar-refractivity contribution in [2.45, 2.75) is 25.8 Å². The van der Waals surface area contributed by atoms with Crippen LogP contribution in [0.5, 0.6) is 0 Å². The largest absolute Gasteiger partial charge is 0.472 e. The summed E-state index contributed by atoms with van der Waals surface area (Å²) in [6, 6.07) is 5.62. The van der Waals surface area contributed by atoms with Crippen LogP contribution in [-0.2, 0) is 20.9 Å². The Morgan fingerprint density at radius 3 is 2.77 bits per heavy atom. The van der Waals surface area contributed by atoms with E-state index in [0.29, 0.717) is 19.4 Å². The normalized spacial score (nSPS) is 10.2. The predicted octanol–water partition coefficient (Wildman–Crippen LogP) is 2.30. The number of furan rings is 1. The van der Waals surface area contributed by atoms with Crippen molar-refractivity contribution in [2.75, 3.05) is 7.11 Å². The van der Waals surface area contributed by atoms with E-state index in [1.54, 1.807) is 18.7 Å². The highest BCUT2D eigenvalue weighted by Gasteiger charge is 2.06. The molecule has 0 spiro atoms. The lowest BCUT2D eigenvalue weighted by Crippen LogP contribution is -2.22. The first-order valence-corrected chi connectivity index (χ1v) is 7.00. The van der Waals surface area contributed by atoms with Gasteiger partial charge in [-0.25, -0.2) is 0 Å². The number of hydrogen-bond acceptors (Lipinski definition) is 5. The standard InChI is InChI=1S/C16H18N2O4/c1-21-16(20)4-2-3-15(19)18-10-12-5-6-14(17-9-12)13-7-8-22-11-13/h5-9,11H,2-4,10H2,1H3,(H,18,19). The quantitative estimate of drug-likeness (QED) is 0.794. The number of esters is 1. The van der Waals surface area contributed by atoms with Crippen LogP contribution in [0.4, 0.5) is 0 Å². The maximum Gasteiger partial charge on any atom is 0.305 e. The van der Waals surface area contributed by atoms with Crippen LogP contribution < -0.4 is 5.32 Å². The first-order valence-electron chi connectivity index (χ1n) is 7.00. The Hall–Kier alpha value is -2.63. The molecule has 0 aromatic carbocycles. The summed E-state index contributed by atoms with van der Waals surface area (Å²) in [5.74, 6) is -0.394. The summed E-state index contributed by atoms with van der Waals surface area (Å²) in [7, 11) is 1.34. The molecule has 1 amide bonds. The second-order valence-corrected chi connectivity index (χ2v) is 4.77. The van der Waals surface area contributed by atoms with Crippen LogP contribution in [0.15, 0.2) is 41.3 Å². The lowest BCUT2D eigenvalue weighted by Gasteiger charge is -2.05. The maximum absolute atomic E-state index is 11.6. The summed E-state index contributed by atoms with van der Waals surface area (Å²) in [5.41, 5.74) is 2.65. The number of rotatable bonds is 7. The van der Waals surface area contributed by atoms with Gasteiger partial charge in [0, 0.05) is 31.1 Å². The number of nitrogens with one attached hydrogen (secondary N) is 1. The number of ether oxygens (including phenoxy) is 1. The zero-order chi connectivity index (χ0) is 15.8. The summed E-state index contributed by atoms with van der Waals surface area (Å²) >= 11 is 0. The highest BCUT2D eigenvalue weighted by Crippen LogP contribution is 2.16. The van der Waals surface area contributed by atoms with Crippen molar-refractivity contribution >= 4 is 11.9 Å². The monoisotopic (exact) mass is 302 g/mol. The number of aromatic nitrogens is 1. The number of nitrogens with zero attached hydrogens (tertiary/aromatic N) is 1. The molecule has 6 heteroatoms. The third-order valence-electron chi connectivity index (χ3n) is 3.14. The Morgan fingerprint density at radius 2 is 2.14 bits per heavy atom. The molecular formula is C16H18N2O4. The third kappa shape index (κ3) is 4.73. The van der Waals surface area contributed by atoms with Crippen molar-refractivity contribution in [1.82, 2.24) is 10.3 Å². The number of carbonyl (C=O) groups excluding carboxylic acids is 2. The van der Waals surface area contributed by atoms with Crippen molar-refractivity contribution in [1.29, 1.82) is 0 Å². The van der Waals surface area contributed by atoms with Crippen molar-refractivity contribution in [3.8, 4) is 11.3 Å². The lowest BCUT2D eigenvalue weighted by molar-refractivity contribution is -0.140. The Bertz CT molecular complexity index is 606. The van der Waals surface area contributed by atoms with Crippen LogP contribution in [0.25, 0.3) is 11.3 Å². The number of methoxy groups -OCH3 is 1. The molecule has 2 rings (SSSR count). The van der Waals surface area contributed by atoms with Crippen molar-refractivity contribution in [3.05, 3.63) is 42.5 Å². The minimum atomic E-state index is -0.299. The topological polar surface area (TPSA) is 81.4 Å². The van der Waals surface area contributed by atoms with Crippen LogP contribution >= 0.6 is 0 Å². The van der Waals surface area contributed by atoms with Gasteiger partial charge in [-0.15, -0.1) is 0 Å². The predicted molar refractivity (Wildman–Crippen MR) is 79.7 cm³/mol. The van der Waals surface area contributed by atoms with Gasteiger partial charge < -0.3 is 14.5 Å². The van der Waals surface area contributed by atoms with Gasteiger partial charge in [-0.2, -0.15) is 0 Å². The average molecular weight is 302 g/mol.